The zero-order valence-corrected chi connectivity index (χ0v) is 15.1. The molecule has 0 aliphatic heterocycles. The minimum absolute atomic E-state index is 0.0941. The third kappa shape index (κ3) is 4.60. The molecule has 1 N–H and O–H groups in total. The van der Waals surface area contributed by atoms with Gasteiger partial charge in [0.15, 0.2) is 5.78 Å². The highest BCUT2D eigenvalue weighted by molar-refractivity contribution is 6.07. The van der Waals surface area contributed by atoms with E-state index in [0.29, 0.717) is 37.0 Å². The van der Waals surface area contributed by atoms with Crippen molar-refractivity contribution in [2.24, 2.45) is 0 Å². The Morgan fingerprint density at radius 3 is 2.78 bits per heavy atom. The molecule has 0 bridgehead atoms. The molecule has 0 saturated carbocycles. The van der Waals surface area contributed by atoms with Crippen LogP contribution in [0, 0.1) is 17.7 Å². The first kappa shape index (κ1) is 18.8. The highest BCUT2D eigenvalue weighted by Gasteiger charge is 2.26. The lowest BCUT2D eigenvalue weighted by atomic mass is 9.86. The summed E-state index contributed by atoms with van der Waals surface area (Å²) < 4.78 is 20.1. The summed E-state index contributed by atoms with van der Waals surface area (Å²) in [4.78, 5) is 23.7. The highest BCUT2D eigenvalue weighted by atomic mass is 19.1. The van der Waals surface area contributed by atoms with Gasteiger partial charge in [0.05, 0.1) is 17.9 Å². The van der Waals surface area contributed by atoms with Gasteiger partial charge < -0.3 is 10.1 Å². The Morgan fingerprint density at radius 2 is 2.04 bits per heavy atom. The van der Waals surface area contributed by atoms with E-state index in [1.54, 1.807) is 0 Å². The number of anilines is 1. The minimum Gasteiger partial charge on any atom is -0.364 e. The molecule has 0 spiro atoms. The average molecular weight is 365 g/mol. The number of ether oxygens (including phenoxy) is 1. The number of nitrogens with one attached hydrogen (secondary N) is 1. The summed E-state index contributed by atoms with van der Waals surface area (Å²) in [5, 5.41) is 2.55. The topological polar surface area (TPSA) is 55.4 Å². The molecule has 2 aromatic carbocycles. The normalized spacial score (nSPS) is 12.7. The standard InChI is InChI=1S/C22H20FNO3/c1-15(25)24-20-13-19(23)17(18-9-5-11-21(26)22(18)20)10-6-12-27-14-16-7-3-2-4-8-16/h2-4,7-8,13H,5,9,11-12,14H2,1H3,(H,24,25). The van der Waals surface area contributed by atoms with Gasteiger partial charge in [0.2, 0.25) is 5.91 Å². The first-order valence-corrected chi connectivity index (χ1v) is 8.83. The maximum Gasteiger partial charge on any atom is 0.221 e. The van der Waals surface area contributed by atoms with E-state index in [4.69, 9.17) is 4.74 Å². The fraction of sp³-hybridized carbons (Fsp3) is 0.273. The summed E-state index contributed by atoms with van der Waals surface area (Å²) in [7, 11) is 0. The van der Waals surface area contributed by atoms with Crippen molar-refractivity contribution >= 4 is 17.4 Å². The summed E-state index contributed by atoms with van der Waals surface area (Å²) in [5.41, 5.74) is 2.44. The van der Waals surface area contributed by atoms with Crippen molar-refractivity contribution in [3.63, 3.8) is 0 Å². The van der Waals surface area contributed by atoms with E-state index in [0.717, 1.165) is 5.56 Å². The zero-order chi connectivity index (χ0) is 19.2. The fourth-order valence-electron chi connectivity index (χ4n) is 3.16. The molecule has 1 aliphatic rings. The van der Waals surface area contributed by atoms with Gasteiger partial charge in [0.25, 0.3) is 0 Å². The summed E-state index contributed by atoms with van der Waals surface area (Å²) in [6.45, 7) is 1.91. The Balaban J connectivity index is 1.80. The summed E-state index contributed by atoms with van der Waals surface area (Å²) in [5.74, 6) is 4.66. The lowest BCUT2D eigenvalue weighted by Gasteiger charge is -2.20. The fourth-order valence-corrected chi connectivity index (χ4v) is 3.16. The molecule has 0 heterocycles. The largest absolute Gasteiger partial charge is 0.364 e. The molecule has 1 amide bonds. The van der Waals surface area contributed by atoms with Crippen LogP contribution < -0.4 is 5.32 Å². The van der Waals surface area contributed by atoms with Gasteiger partial charge >= 0.3 is 0 Å². The van der Waals surface area contributed by atoms with Gasteiger partial charge in [-0.05, 0) is 30.0 Å². The van der Waals surface area contributed by atoms with Gasteiger partial charge in [-0.25, -0.2) is 4.39 Å². The van der Waals surface area contributed by atoms with Crippen LogP contribution in [-0.2, 0) is 22.6 Å². The number of rotatable bonds is 4. The first-order valence-electron chi connectivity index (χ1n) is 8.83. The molecular formula is C22H20FNO3. The Kier molecular flexibility index (Phi) is 6.00. The Hall–Kier alpha value is -2.97. The average Bonchev–Trinajstić information content (AvgIpc) is 2.64. The van der Waals surface area contributed by atoms with Crippen molar-refractivity contribution in [3.8, 4) is 11.8 Å². The van der Waals surface area contributed by atoms with Crippen LogP contribution in [0.3, 0.4) is 0 Å². The molecule has 1 aliphatic carbocycles. The number of hydrogen-bond donors (Lipinski definition) is 1. The smallest absolute Gasteiger partial charge is 0.221 e. The zero-order valence-electron chi connectivity index (χ0n) is 15.1. The molecule has 0 radical (unpaired) electrons. The number of carbonyl (C=O) groups is 2. The van der Waals surface area contributed by atoms with E-state index in [1.165, 1.54) is 13.0 Å². The second kappa shape index (κ2) is 8.61. The Bertz CT molecular complexity index is 926. The second-order valence-electron chi connectivity index (χ2n) is 6.37. The number of Topliss-reactive ketones (excluding diaryl/α,β-unsaturated/α-hetero) is 1. The number of fused-ring (bicyclic) bond motifs is 1. The number of hydrogen-bond acceptors (Lipinski definition) is 3. The van der Waals surface area contributed by atoms with Crippen molar-refractivity contribution in [3.05, 3.63) is 64.5 Å². The third-order valence-electron chi connectivity index (χ3n) is 4.30. The molecule has 5 heteroatoms. The maximum absolute atomic E-state index is 14.6. The van der Waals surface area contributed by atoms with E-state index in [9.17, 15) is 14.0 Å². The second-order valence-corrected chi connectivity index (χ2v) is 6.37. The molecule has 0 aromatic heterocycles. The van der Waals surface area contributed by atoms with Crippen LogP contribution in [-0.4, -0.2) is 18.3 Å². The van der Waals surface area contributed by atoms with Crippen LogP contribution in [0.4, 0.5) is 10.1 Å². The molecule has 0 atom stereocenters. The van der Waals surface area contributed by atoms with Gasteiger partial charge in [-0.1, -0.05) is 42.2 Å². The molecule has 0 saturated heterocycles. The van der Waals surface area contributed by atoms with Gasteiger partial charge in [-0.15, -0.1) is 0 Å². The third-order valence-corrected chi connectivity index (χ3v) is 4.30. The summed E-state index contributed by atoms with van der Waals surface area (Å²) in [6, 6.07) is 10.9. The number of ketones is 1. The van der Waals surface area contributed by atoms with Crippen molar-refractivity contribution in [2.75, 3.05) is 11.9 Å². The summed E-state index contributed by atoms with van der Waals surface area (Å²) in [6.07, 6.45) is 1.59. The van der Waals surface area contributed by atoms with Gasteiger partial charge in [0.1, 0.15) is 12.4 Å². The minimum atomic E-state index is -0.539. The maximum atomic E-state index is 14.6. The first-order chi connectivity index (χ1) is 13.1. The predicted octanol–water partition coefficient (Wildman–Crippen LogP) is 3.87. The molecule has 4 nitrogen and oxygen atoms in total. The SMILES string of the molecule is CC(=O)Nc1cc(F)c(C#CCOCc2ccccc2)c2c1C(=O)CCC2. The number of halogens is 1. The number of benzene rings is 2. The molecule has 3 rings (SSSR count). The highest BCUT2D eigenvalue weighted by Crippen LogP contribution is 2.32. The quantitative estimate of drug-likeness (QED) is 0.661. The molecule has 2 aromatic rings. The molecule has 138 valence electrons. The van der Waals surface area contributed by atoms with Gasteiger partial charge in [0, 0.05) is 18.9 Å². The van der Waals surface area contributed by atoms with Crippen LogP contribution in [0.5, 0.6) is 0 Å². The van der Waals surface area contributed by atoms with Crippen molar-refractivity contribution in [2.45, 2.75) is 32.8 Å². The summed E-state index contributed by atoms with van der Waals surface area (Å²) >= 11 is 0. The van der Waals surface area contributed by atoms with E-state index in [2.05, 4.69) is 17.2 Å². The Labute approximate surface area is 157 Å². The lowest BCUT2D eigenvalue weighted by Crippen LogP contribution is -2.19. The number of amides is 1. The van der Waals surface area contributed by atoms with Crippen LogP contribution in [0.25, 0.3) is 0 Å². The van der Waals surface area contributed by atoms with Crippen molar-refractivity contribution < 1.29 is 18.7 Å². The lowest BCUT2D eigenvalue weighted by molar-refractivity contribution is -0.114. The monoisotopic (exact) mass is 365 g/mol. The van der Waals surface area contributed by atoms with Crippen LogP contribution in [0.2, 0.25) is 0 Å². The predicted molar refractivity (Wildman–Crippen MR) is 101 cm³/mol. The van der Waals surface area contributed by atoms with Crippen LogP contribution in [0.1, 0.15) is 46.8 Å². The molecule has 0 unspecified atom stereocenters. The number of carbonyl (C=O) groups excluding carboxylic acids is 2. The molecular weight excluding hydrogens is 345 g/mol. The van der Waals surface area contributed by atoms with E-state index < -0.39 is 5.82 Å². The molecule has 27 heavy (non-hydrogen) atoms. The van der Waals surface area contributed by atoms with E-state index in [-0.39, 0.29) is 29.5 Å². The van der Waals surface area contributed by atoms with E-state index in [1.807, 2.05) is 30.3 Å². The van der Waals surface area contributed by atoms with Gasteiger partial charge in [-0.2, -0.15) is 0 Å². The van der Waals surface area contributed by atoms with Crippen molar-refractivity contribution in [1.29, 1.82) is 0 Å². The van der Waals surface area contributed by atoms with Crippen molar-refractivity contribution in [1.82, 2.24) is 0 Å². The van der Waals surface area contributed by atoms with Gasteiger partial charge in [-0.3, -0.25) is 9.59 Å². The molecule has 0 fully saturated rings. The van der Waals surface area contributed by atoms with Crippen LogP contribution >= 0.6 is 0 Å². The Morgan fingerprint density at radius 1 is 1.26 bits per heavy atom. The van der Waals surface area contributed by atoms with Crippen LogP contribution in [0.15, 0.2) is 36.4 Å². The van der Waals surface area contributed by atoms with E-state index >= 15 is 0 Å².